The molecule has 0 unspecified atom stereocenters. The topological polar surface area (TPSA) is 33.6 Å². The Bertz CT molecular complexity index is 3490. The van der Waals surface area contributed by atoms with Crippen LogP contribution in [0.3, 0.4) is 0 Å². The molecule has 0 saturated heterocycles. The molecule has 3 nitrogen and oxygen atoms in total. The first-order valence-corrected chi connectivity index (χ1v) is 20.8. The van der Waals surface area contributed by atoms with Crippen molar-refractivity contribution in [2.75, 3.05) is 0 Å². The quantitative estimate of drug-likeness (QED) is 0.170. The van der Waals surface area contributed by atoms with Crippen molar-refractivity contribution < 1.29 is 13.2 Å². The lowest BCUT2D eigenvalue weighted by atomic mass is 9.93. The first-order valence-electron chi connectivity index (χ1n) is 20.8. The van der Waals surface area contributed by atoms with Crippen LogP contribution in [0.15, 0.2) is 146 Å². The molecule has 0 aliphatic rings. The average molecular weight is 814 g/mol. The zero-order chi connectivity index (χ0) is 43.2. The molecule has 0 aliphatic carbocycles. The summed E-state index contributed by atoms with van der Waals surface area (Å²) in [7, 11) is 0. The maximum atomic E-state index is 16.8. The van der Waals surface area contributed by atoms with E-state index in [0.29, 0.717) is 38.8 Å². The number of para-hydroxylation sites is 2. The van der Waals surface area contributed by atoms with E-state index in [2.05, 4.69) is 84.0 Å². The second-order valence-corrected chi connectivity index (χ2v) is 16.8. The minimum absolute atomic E-state index is 0.00176. The molecule has 0 bridgehead atoms. The highest BCUT2D eigenvalue weighted by atomic mass is 19.4. The fourth-order valence-electron chi connectivity index (χ4n) is 10.3. The van der Waals surface area contributed by atoms with Crippen molar-refractivity contribution in [3.05, 3.63) is 190 Å². The Morgan fingerprint density at radius 1 is 0.452 bits per heavy atom. The van der Waals surface area contributed by atoms with E-state index in [-0.39, 0.29) is 11.4 Å². The van der Waals surface area contributed by atoms with Crippen LogP contribution in [0, 0.1) is 52.9 Å². The van der Waals surface area contributed by atoms with Gasteiger partial charge in [-0.3, -0.25) is 0 Å². The van der Waals surface area contributed by atoms with Gasteiger partial charge < -0.3 is 9.13 Å². The van der Waals surface area contributed by atoms with Crippen molar-refractivity contribution in [1.82, 2.24) is 9.13 Å². The van der Waals surface area contributed by atoms with Crippen LogP contribution in [0.4, 0.5) is 13.2 Å². The lowest BCUT2D eigenvalue weighted by Crippen LogP contribution is -2.17. The summed E-state index contributed by atoms with van der Waals surface area (Å²) in [6.07, 6.45) is -4.84. The monoisotopic (exact) mass is 813 g/mol. The molecule has 0 amide bonds. The van der Waals surface area contributed by atoms with Crippen LogP contribution in [0.25, 0.3) is 88.4 Å². The van der Waals surface area contributed by atoms with Crippen LogP contribution in [-0.4, -0.2) is 9.13 Å². The first kappa shape index (κ1) is 38.8. The minimum atomic E-state index is -4.84. The molecule has 8 aromatic carbocycles. The van der Waals surface area contributed by atoms with E-state index in [0.717, 1.165) is 77.2 Å². The highest BCUT2D eigenvalue weighted by Gasteiger charge is 2.40. The van der Waals surface area contributed by atoms with Gasteiger partial charge in [0.2, 0.25) is 0 Å². The number of aromatic nitrogens is 2. The lowest BCUT2D eigenvalue weighted by molar-refractivity contribution is -0.137. The van der Waals surface area contributed by atoms with Crippen molar-refractivity contribution >= 4 is 43.6 Å². The number of fused-ring (bicyclic) bond motifs is 6. The van der Waals surface area contributed by atoms with Gasteiger partial charge in [0, 0.05) is 27.1 Å². The number of hydrogen-bond donors (Lipinski definition) is 0. The predicted octanol–water partition coefficient (Wildman–Crippen LogP) is 15.6. The first-order chi connectivity index (χ1) is 29.8. The van der Waals surface area contributed by atoms with Crippen LogP contribution in [0.1, 0.15) is 44.5 Å². The Hall–Kier alpha value is -7.36. The molecule has 0 saturated carbocycles. The summed E-state index contributed by atoms with van der Waals surface area (Å²) in [5.74, 6) is 0. The second kappa shape index (κ2) is 14.4. The Labute approximate surface area is 358 Å². The van der Waals surface area contributed by atoms with Crippen molar-refractivity contribution in [3.63, 3.8) is 0 Å². The summed E-state index contributed by atoms with van der Waals surface area (Å²) in [4.78, 5) is 0. The summed E-state index contributed by atoms with van der Waals surface area (Å²) in [6, 6.07) is 48.8. The summed E-state index contributed by atoms with van der Waals surface area (Å²) < 4.78 is 54.1. The molecule has 10 aromatic rings. The van der Waals surface area contributed by atoms with Gasteiger partial charge in [0.1, 0.15) is 5.56 Å². The molecule has 0 aliphatic heterocycles. The summed E-state index contributed by atoms with van der Waals surface area (Å²) in [6.45, 7) is 12.5. The van der Waals surface area contributed by atoms with Gasteiger partial charge in [0.05, 0.1) is 45.1 Å². The number of hydrogen-bond acceptors (Lipinski definition) is 1. The van der Waals surface area contributed by atoms with E-state index in [1.165, 1.54) is 0 Å². The third-order valence-corrected chi connectivity index (χ3v) is 12.5. The molecule has 0 N–H and O–H groups in total. The molecule has 62 heavy (non-hydrogen) atoms. The van der Waals surface area contributed by atoms with Gasteiger partial charge in [-0.2, -0.15) is 18.4 Å². The van der Waals surface area contributed by atoms with Crippen molar-refractivity contribution in [3.8, 4) is 50.8 Å². The lowest BCUT2D eigenvalue weighted by Gasteiger charge is -2.24. The van der Waals surface area contributed by atoms with E-state index in [9.17, 15) is 5.26 Å². The largest absolute Gasteiger partial charge is 0.420 e. The second-order valence-electron chi connectivity index (χ2n) is 16.8. The van der Waals surface area contributed by atoms with Gasteiger partial charge in [0.25, 0.3) is 0 Å². The highest BCUT2D eigenvalue weighted by molar-refractivity contribution is 6.12. The number of benzene rings is 8. The average Bonchev–Trinajstić information content (AvgIpc) is 3.74. The minimum Gasteiger partial charge on any atom is -0.309 e. The van der Waals surface area contributed by atoms with Gasteiger partial charge in [-0.1, -0.05) is 114 Å². The smallest absolute Gasteiger partial charge is 0.309 e. The van der Waals surface area contributed by atoms with E-state index in [1.807, 2.05) is 77.4 Å². The number of nitrogens with zero attached hydrogens (tertiary/aromatic N) is 3. The Morgan fingerprint density at radius 2 is 0.935 bits per heavy atom. The number of aryl methyl sites for hydroxylation is 6. The van der Waals surface area contributed by atoms with E-state index in [1.54, 1.807) is 41.0 Å². The summed E-state index contributed by atoms with van der Waals surface area (Å²) in [5, 5.41) is 13.4. The van der Waals surface area contributed by atoms with Gasteiger partial charge >= 0.3 is 6.18 Å². The fourth-order valence-corrected chi connectivity index (χ4v) is 10.3. The number of nitriles is 1. The third-order valence-electron chi connectivity index (χ3n) is 12.5. The number of rotatable bonds is 5. The maximum absolute atomic E-state index is 16.8. The third kappa shape index (κ3) is 6.10. The maximum Gasteiger partial charge on any atom is 0.420 e. The van der Waals surface area contributed by atoms with Crippen LogP contribution in [0.5, 0.6) is 0 Å². The molecular formula is C56H42F3N3. The van der Waals surface area contributed by atoms with E-state index < -0.39 is 11.7 Å². The molecule has 302 valence electrons. The molecule has 6 heteroatoms. The van der Waals surface area contributed by atoms with Crippen LogP contribution in [0.2, 0.25) is 0 Å². The fraction of sp³-hybridized carbons (Fsp3) is 0.125. The normalized spacial score (nSPS) is 11.9. The van der Waals surface area contributed by atoms with E-state index in [4.69, 9.17) is 0 Å². The standard InChI is InChI=1S/C56H42F3N3/c1-32-24-34(3)52(35(4)25-32)40-18-20-45-43-14-7-9-16-47(43)61(50(45)29-40)49-23-22-42(39-13-11-12-38(28-39)31-60)55(54(49)56(57,58)59)62-48-17-10-8-15-44(48)46-21-19-41(30-51(46)62)53-36(5)26-33(2)27-37(53)6/h7-30H,1-6H3. The zero-order valence-corrected chi connectivity index (χ0v) is 35.3. The molecule has 10 rings (SSSR count). The predicted molar refractivity (Wildman–Crippen MR) is 250 cm³/mol. The van der Waals surface area contributed by atoms with E-state index >= 15 is 13.2 Å². The Kier molecular flexibility index (Phi) is 9.01. The van der Waals surface area contributed by atoms with Crippen molar-refractivity contribution in [2.45, 2.75) is 47.7 Å². The number of alkyl halides is 3. The van der Waals surface area contributed by atoms with Crippen molar-refractivity contribution in [2.24, 2.45) is 0 Å². The van der Waals surface area contributed by atoms with Gasteiger partial charge in [-0.15, -0.1) is 0 Å². The van der Waals surface area contributed by atoms with Gasteiger partial charge in [-0.25, -0.2) is 0 Å². The summed E-state index contributed by atoms with van der Waals surface area (Å²) in [5.41, 5.74) is 13.8. The molecule has 0 atom stereocenters. The molecule has 2 heterocycles. The SMILES string of the molecule is Cc1cc(C)c(-c2ccc3c4ccccc4n(-c4ccc(-c5cccc(C#N)c5)c(-n5c6ccccc6c6ccc(-c7c(C)cc(C)cc7C)cc65)c4C(F)(F)F)c3c2)c(C)c1. The Balaban J connectivity index is 1.38. The van der Waals surface area contributed by atoms with Gasteiger partial charge in [0.15, 0.2) is 0 Å². The molecule has 0 radical (unpaired) electrons. The van der Waals surface area contributed by atoms with Crippen LogP contribution < -0.4 is 0 Å². The number of halogens is 3. The zero-order valence-electron chi connectivity index (χ0n) is 35.3. The van der Waals surface area contributed by atoms with Crippen LogP contribution in [-0.2, 0) is 6.18 Å². The molecule has 2 aromatic heterocycles. The Morgan fingerprint density at radius 3 is 1.45 bits per heavy atom. The molecule has 0 fully saturated rings. The molecule has 0 spiro atoms. The summed E-state index contributed by atoms with van der Waals surface area (Å²) >= 11 is 0. The van der Waals surface area contributed by atoms with Crippen molar-refractivity contribution in [1.29, 1.82) is 5.26 Å². The van der Waals surface area contributed by atoms with Crippen LogP contribution >= 0.6 is 0 Å². The highest BCUT2D eigenvalue weighted by Crippen LogP contribution is 2.48. The molecular weight excluding hydrogens is 772 g/mol. The van der Waals surface area contributed by atoms with Gasteiger partial charge in [-0.05, 0) is 134 Å².